The average Bonchev–Trinajstić information content (AvgIpc) is 2.83. The number of hydrogen-bond donors (Lipinski definition) is 2. The van der Waals surface area contributed by atoms with E-state index >= 15 is 0 Å². The second-order valence-electron chi connectivity index (χ2n) is 10.4. The zero-order valence-electron chi connectivity index (χ0n) is 21.1. The minimum absolute atomic E-state index is 0.245. The van der Waals surface area contributed by atoms with Gasteiger partial charge < -0.3 is 19.8 Å². The van der Waals surface area contributed by atoms with Gasteiger partial charge in [-0.2, -0.15) is 0 Å². The van der Waals surface area contributed by atoms with Crippen LogP contribution in [0.25, 0.3) is 0 Å². The Bertz CT molecular complexity index is 805. The van der Waals surface area contributed by atoms with Crippen LogP contribution in [-0.2, 0) is 21.4 Å². The second kappa shape index (κ2) is 12.6. The third kappa shape index (κ3) is 6.53. The smallest absolute Gasteiger partial charge is 0.303 e. The van der Waals surface area contributed by atoms with Crippen LogP contribution in [0.3, 0.4) is 0 Å². The highest BCUT2D eigenvalue weighted by molar-refractivity contribution is 5.66. The average molecular weight is 474 g/mol. The zero-order chi connectivity index (χ0) is 24.6. The SMILES string of the molecule is COc1ccc2c(c1)[C@]13CCCC[C@@H]1[C@H](C2)N(C)CC3.O=C(O)CCCCCCCCC(=O)O. The Hall–Kier alpha value is -2.08. The minimum Gasteiger partial charge on any atom is -0.497 e. The summed E-state index contributed by atoms with van der Waals surface area (Å²) in [5.74, 6) is 0.432. The van der Waals surface area contributed by atoms with Gasteiger partial charge in [0, 0.05) is 24.3 Å². The van der Waals surface area contributed by atoms with Gasteiger partial charge in [-0.1, -0.05) is 44.6 Å². The summed E-state index contributed by atoms with van der Waals surface area (Å²) in [4.78, 5) is 22.9. The van der Waals surface area contributed by atoms with Crippen molar-refractivity contribution >= 4 is 11.9 Å². The molecule has 0 aromatic heterocycles. The van der Waals surface area contributed by atoms with Crippen LogP contribution in [0.2, 0.25) is 0 Å². The maximum Gasteiger partial charge on any atom is 0.303 e. The molecule has 1 aromatic rings. The molecule has 6 nitrogen and oxygen atoms in total. The highest BCUT2D eigenvalue weighted by Gasteiger charge is 2.53. The minimum atomic E-state index is -0.740. The predicted molar refractivity (Wildman–Crippen MR) is 134 cm³/mol. The molecule has 0 spiro atoms. The first-order valence-corrected chi connectivity index (χ1v) is 13.2. The van der Waals surface area contributed by atoms with E-state index in [-0.39, 0.29) is 12.8 Å². The lowest BCUT2D eigenvalue weighted by atomic mass is 9.52. The van der Waals surface area contributed by atoms with E-state index < -0.39 is 11.9 Å². The van der Waals surface area contributed by atoms with E-state index in [1.807, 2.05) is 0 Å². The summed E-state index contributed by atoms with van der Waals surface area (Å²) in [6.45, 7) is 1.26. The molecule has 3 aliphatic rings. The van der Waals surface area contributed by atoms with Crippen LogP contribution < -0.4 is 4.74 Å². The lowest BCUT2D eigenvalue weighted by molar-refractivity contribution is -0.138. The Kier molecular flexibility index (Phi) is 9.81. The van der Waals surface area contributed by atoms with Gasteiger partial charge in [-0.15, -0.1) is 0 Å². The van der Waals surface area contributed by atoms with E-state index in [0.29, 0.717) is 5.41 Å². The summed E-state index contributed by atoms with van der Waals surface area (Å²) in [7, 11) is 4.12. The molecule has 1 heterocycles. The Morgan fingerprint density at radius 3 is 2.26 bits per heavy atom. The number of carboxylic acid groups (broad SMARTS) is 2. The number of carbonyl (C=O) groups is 2. The highest BCUT2D eigenvalue weighted by atomic mass is 16.5. The molecular weight excluding hydrogens is 430 g/mol. The standard InChI is InChI=1S/C18H25NO.C10H18O4/c1-19-10-9-18-8-4-3-5-15(18)17(19)11-13-6-7-14(20-2)12-16(13)18;11-9(12)7-5-3-1-2-4-6-8-10(13)14/h6-7,12,15,17H,3-5,8-11H2,1-2H3;1-8H2,(H,11,12)(H,13,14)/t15-,17+,18+;/m1./s1. The summed E-state index contributed by atoms with van der Waals surface area (Å²) in [6, 6.07) is 7.60. The van der Waals surface area contributed by atoms with Crippen molar-refractivity contribution < 1.29 is 24.5 Å². The van der Waals surface area contributed by atoms with Gasteiger partial charge in [0.15, 0.2) is 0 Å². The molecule has 1 saturated carbocycles. The molecule has 0 radical (unpaired) electrons. The monoisotopic (exact) mass is 473 g/mol. The number of nitrogens with zero attached hydrogens (tertiary/aromatic N) is 1. The molecule has 2 N–H and O–H groups in total. The first-order chi connectivity index (χ1) is 16.4. The van der Waals surface area contributed by atoms with Gasteiger partial charge >= 0.3 is 11.9 Å². The van der Waals surface area contributed by atoms with Crippen LogP contribution in [-0.4, -0.2) is 53.8 Å². The molecule has 4 rings (SSSR count). The van der Waals surface area contributed by atoms with E-state index in [9.17, 15) is 9.59 Å². The molecule has 2 aliphatic carbocycles. The van der Waals surface area contributed by atoms with Crippen molar-refractivity contribution in [2.24, 2.45) is 5.92 Å². The van der Waals surface area contributed by atoms with Crippen LogP contribution in [0.4, 0.5) is 0 Å². The van der Waals surface area contributed by atoms with Crippen molar-refractivity contribution in [3.05, 3.63) is 29.3 Å². The highest BCUT2D eigenvalue weighted by Crippen LogP contribution is 2.55. The largest absolute Gasteiger partial charge is 0.497 e. The van der Waals surface area contributed by atoms with Crippen molar-refractivity contribution in [2.45, 2.75) is 101 Å². The van der Waals surface area contributed by atoms with Crippen LogP contribution in [0.5, 0.6) is 5.75 Å². The number of likely N-dealkylation sites (tertiary alicyclic amines) is 1. The first-order valence-electron chi connectivity index (χ1n) is 13.2. The number of unbranched alkanes of at least 4 members (excludes halogenated alkanes) is 5. The number of fused-ring (bicyclic) bond motifs is 1. The van der Waals surface area contributed by atoms with Gasteiger partial charge in [0.05, 0.1) is 7.11 Å². The van der Waals surface area contributed by atoms with Crippen molar-refractivity contribution in [1.29, 1.82) is 0 Å². The number of aliphatic carboxylic acids is 2. The summed E-state index contributed by atoms with van der Waals surface area (Å²) >= 11 is 0. The number of hydrogen-bond acceptors (Lipinski definition) is 4. The zero-order valence-corrected chi connectivity index (χ0v) is 21.1. The molecule has 2 fully saturated rings. The molecule has 0 unspecified atom stereocenters. The third-order valence-electron chi connectivity index (χ3n) is 8.35. The number of benzene rings is 1. The van der Waals surface area contributed by atoms with Gasteiger partial charge in [-0.25, -0.2) is 0 Å². The second-order valence-corrected chi connectivity index (χ2v) is 10.4. The number of carboxylic acids is 2. The summed E-state index contributed by atoms with van der Waals surface area (Å²) < 4.78 is 5.51. The van der Waals surface area contributed by atoms with Gasteiger partial charge in [-0.05, 0) is 81.3 Å². The number of rotatable bonds is 10. The molecule has 2 bridgehead atoms. The van der Waals surface area contributed by atoms with Gasteiger partial charge in [0.1, 0.15) is 5.75 Å². The molecule has 1 aliphatic heterocycles. The number of ether oxygens (including phenoxy) is 1. The normalized spacial score (nSPS) is 25.4. The maximum absolute atomic E-state index is 10.1. The molecule has 3 atom stereocenters. The number of likely N-dealkylation sites (N-methyl/N-ethyl adjacent to an activating group) is 1. The fourth-order valence-electron chi connectivity index (χ4n) is 6.56. The van der Waals surface area contributed by atoms with Crippen molar-refractivity contribution in [3.63, 3.8) is 0 Å². The van der Waals surface area contributed by atoms with Crippen LogP contribution >= 0.6 is 0 Å². The number of piperidine rings is 1. The Labute approximate surface area is 204 Å². The first kappa shape index (κ1) is 26.5. The lowest BCUT2D eigenvalue weighted by Gasteiger charge is -2.58. The van der Waals surface area contributed by atoms with Crippen LogP contribution in [0.15, 0.2) is 18.2 Å². The predicted octanol–water partition coefficient (Wildman–Crippen LogP) is 5.66. The fraction of sp³-hybridized carbons (Fsp3) is 0.714. The quantitative estimate of drug-likeness (QED) is 0.426. The summed E-state index contributed by atoms with van der Waals surface area (Å²) in [5, 5.41) is 16.7. The molecule has 1 saturated heterocycles. The topological polar surface area (TPSA) is 87.1 Å². The van der Waals surface area contributed by atoms with E-state index in [0.717, 1.165) is 56.2 Å². The van der Waals surface area contributed by atoms with E-state index in [1.54, 1.807) is 18.2 Å². The third-order valence-corrected chi connectivity index (χ3v) is 8.35. The molecule has 1 aromatic carbocycles. The van der Waals surface area contributed by atoms with Gasteiger partial charge in [0.25, 0.3) is 0 Å². The van der Waals surface area contributed by atoms with Crippen LogP contribution in [0, 0.1) is 5.92 Å². The lowest BCUT2D eigenvalue weighted by Crippen LogP contribution is -2.59. The van der Waals surface area contributed by atoms with Gasteiger partial charge in [0.2, 0.25) is 0 Å². The Balaban J connectivity index is 0.000000206. The summed E-state index contributed by atoms with van der Waals surface area (Å²) in [6.07, 6.45) is 14.0. The molecule has 34 heavy (non-hydrogen) atoms. The summed E-state index contributed by atoms with van der Waals surface area (Å²) in [5.41, 5.74) is 3.67. The van der Waals surface area contributed by atoms with E-state index in [2.05, 4.69) is 30.1 Å². The Morgan fingerprint density at radius 1 is 1.00 bits per heavy atom. The van der Waals surface area contributed by atoms with Crippen molar-refractivity contribution in [1.82, 2.24) is 4.90 Å². The maximum atomic E-state index is 10.1. The molecule has 0 amide bonds. The number of methoxy groups -OCH3 is 1. The Morgan fingerprint density at radius 2 is 1.65 bits per heavy atom. The van der Waals surface area contributed by atoms with E-state index in [1.165, 1.54) is 45.1 Å². The fourth-order valence-corrected chi connectivity index (χ4v) is 6.56. The molecule has 190 valence electrons. The van der Waals surface area contributed by atoms with Crippen molar-refractivity contribution in [3.8, 4) is 5.75 Å². The van der Waals surface area contributed by atoms with Gasteiger partial charge in [-0.3, -0.25) is 9.59 Å². The van der Waals surface area contributed by atoms with Crippen LogP contribution in [0.1, 0.15) is 94.6 Å². The van der Waals surface area contributed by atoms with E-state index in [4.69, 9.17) is 14.9 Å². The van der Waals surface area contributed by atoms with Crippen molar-refractivity contribution in [2.75, 3.05) is 20.7 Å². The molecule has 6 heteroatoms. The molecular formula is C28H43NO5.